The summed E-state index contributed by atoms with van der Waals surface area (Å²) in [6.07, 6.45) is 0.352. The fraction of sp³-hybridized carbons (Fsp3) is 0.630. The van der Waals surface area contributed by atoms with E-state index >= 15 is 0 Å². The number of hydrogen-bond acceptors (Lipinski definition) is 5. The van der Waals surface area contributed by atoms with Gasteiger partial charge in [-0.2, -0.15) is 0 Å². The molecule has 0 aromatic heterocycles. The minimum atomic E-state index is -0.708. The van der Waals surface area contributed by atoms with E-state index in [1.807, 2.05) is 51.1 Å². The van der Waals surface area contributed by atoms with Gasteiger partial charge in [-0.05, 0) is 58.9 Å². The third-order valence-corrected chi connectivity index (χ3v) is 6.19. The molecule has 3 atom stereocenters. The number of hydrogen-bond donors (Lipinski definition) is 3. The lowest BCUT2D eigenvalue weighted by Crippen LogP contribution is -2.54. The molecule has 0 radical (unpaired) electrons. The van der Waals surface area contributed by atoms with Gasteiger partial charge in [0, 0.05) is 19.0 Å². The molecule has 36 heavy (non-hydrogen) atoms. The second-order valence-corrected chi connectivity index (χ2v) is 10.8. The summed E-state index contributed by atoms with van der Waals surface area (Å²) < 4.78 is 5.30. The van der Waals surface area contributed by atoms with Crippen LogP contribution in [0.5, 0.6) is 0 Å². The van der Waals surface area contributed by atoms with Crippen molar-refractivity contribution in [3.05, 3.63) is 35.9 Å². The van der Waals surface area contributed by atoms with Crippen molar-refractivity contribution in [3.8, 4) is 0 Å². The maximum Gasteiger partial charge on any atom is 0.408 e. The predicted molar refractivity (Wildman–Crippen MR) is 138 cm³/mol. The number of nitrogens with one attached hydrogen (secondary N) is 3. The zero-order valence-corrected chi connectivity index (χ0v) is 22.6. The Balaban J connectivity index is 1.85. The smallest absolute Gasteiger partial charge is 0.408 e. The van der Waals surface area contributed by atoms with Crippen molar-refractivity contribution in [2.75, 3.05) is 13.1 Å². The summed E-state index contributed by atoms with van der Waals surface area (Å²) in [5.74, 6) is -1.03. The monoisotopic (exact) mass is 502 g/mol. The Kier molecular flexibility index (Phi) is 10.3. The predicted octanol–water partition coefficient (Wildman–Crippen LogP) is 3.16. The van der Waals surface area contributed by atoms with E-state index in [4.69, 9.17) is 4.74 Å². The van der Waals surface area contributed by atoms with E-state index in [1.165, 1.54) is 0 Å². The first kappa shape index (κ1) is 29.1. The number of likely N-dealkylation sites (tertiary alicyclic amines) is 1. The minimum Gasteiger partial charge on any atom is -0.444 e. The second kappa shape index (κ2) is 12.7. The topological polar surface area (TPSA) is 117 Å². The molecule has 2 rings (SSSR count). The fourth-order valence-corrected chi connectivity index (χ4v) is 4.07. The van der Waals surface area contributed by atoms with Crippen LogP contribution < -0.4 is 16.0 Å². The van der Waals surface area contributed by atoms with E-state index in [0.29, 0.717) is 25.9 Å². The van der Waals surface area contributed by atoms with Crippen LogP contribution in [0.4, 0.5) is 4.79 Å². The molecule has 1 heterocycles. The lowest BCUT2D eigenvalue weighted by atomic mass is 9.94. The molecule has 0 saturated carbocycles. The van der Waals surface area contributed by atoms with Crippen LogP contribution in [-0.4, -0.2) is 59.5 Å². The number of carbonyl (C=O) groups is 4. The van der Waals surface area contributed by atoms with Crippen molar-refractivity contribution < 1.29 is 23.9 Å². The van der Waals surface area contributed by atoms with Crippen molar-refractivity contribution in [1.82, 2.24) is 20.9 Å². The molecule has 0 bridgehead atoms. The molecule has 1 aromatic rings. The Labute approximate surface area is 214 Å². The van der Waals surface area contributed by atoms with Gasteiger partial charge in [-0.3, -0.25) is 14.4 Å². The molecule has 1 aromatic carbocycles. The number of alkyl carbamates (subject to hydrolysis) is 1. The molecular formula is C27H42N4O5. The third kappa shape index (κ3) is 8.84. The van der Waals surface area contributed by atoms with Gasteiger partial charge < -0.3 is 25.6 Å². The first-order chi connectivity index (χ1) is 16.8. The fourth-order valence-electron chi connectivity index (χ4n) is 4.07. The standard InChI is InChI=1S/C27H42N4O5/c1-17(2)22(30-26(35)36-27(5,6)7)25(34)31-15-13-21(14-16-31)24(33)29-19(4)23(32)28-18(3)20-11-9-8-10-12-20/h8-12,17-19,21-22H,13-16H2,1-7H3,(H,28,32)(H,29,33)(H,30,35). The Hall–Kier alpha value is -3.10. The van der Waals surface area contributed by atoms with Gasteiger partial charge in [0.05, 0.1) is 6.04 Å². The largest absolute Gasteiger partial charge is 0.444 e. The summed E-state index contributed by atoms with van der Waals surface area (Å²) in [5.41, 5.74) is 0.329. The molecule has 0 spiro atoms. The van der Waals surface area contributed by atoms with Gasteiger partial charge in [0.15, 0.2) is 0 Å². The first-order valence-corrected chi connectivity index (χ1v) is 12.7. The maximum absolute atomic E-state index is 13.1. The van der Waals surface area contributed by atoms with Crippen LogP contribution in [-0.2, 0) is 19.1 Å². The van der Waals surface area contributed by atoms with Gasteiger partial charge in [-0.25, -0.2) is 4.79 Å². The molecule has 4 amide bonds. The molecule has 3 unspecified atom stereocenters. The van der Waals surface area contributed by atoms with Crippen molar-refractivity contribution in [1.29, 1.82) is 0 Å². The van der Waals surface area contributed by atoms with E-state index in [0.717, 1.165) is 5.56 Å². The van der Waals surface area contributed by atoms with Crippen LogP contribution in [0.1, 0.15) is 72.9 Å². The summed E-state index contributed by atoms with van der Waals surface area (Å²) in [7, 11) is 0. The Morgan fingerprint density at radius 2 is 1.50 bits per heavy atom. The molecule has 1 aliphatic heterocycles. The van der Waals surface area contributed by atoms with Crippen LogP contribution in [0.3, 0.4) is 0 Å². The average Bonchev–Trinajstić information content (AvgIpc) is 2.81. The molecule has 9 nitrogen and oxygen atoms in total. The van der Waals surface area contributed by atoms with E-state index < -0.39 is 23.8 Å². The van der Waals surface area contributed by atoms with E-state index in [2.05, 4.69) is 16.0 Å². The SMILES string of the molecule is CC(NC(=O)C1CCN(C(=O)C(NC(=O)OC(C)(C)C)C(C)C)CC1)C(=O)NC(C)c1ccccc1. The van der Waals surface area contributed by atoms with Crippen LogP contribution in [0, 0.1) is 11.8 Å². The third-order valence-electron chi connectivity index (χ3n) is 6.19. The number of ether oxygens (including phenoxy) is 1. The molecule has 1 saturated heterocycles. The average molecular weight is 503 g/mol. The van der Waals surface area contributed by atoms with E-state index in [1.54, 1.807) is 32.6 Å². The molecule has 9 heteroatoms. The Bertz CT molecular complexity index is 904. The second-order valence-electron chi connectivity index (χ2n) is 10.8. The highest BCUT2D eigenvalue weighted by Crippen LogP contribution is 2.20. The highest BCUT2D eigenvalue weighted by molar-refractivity contribution is 5.89. The number of carbonyl (C=O) groups excluding carboxylic acids is 4. The number of amides is 4. The van der Waals surface area contributed by atoms with Crippen molar-refractivity contribution in [2.24, 2.45) is 11.8 Å². The number of rotatable bonds is 8. The lowest BCUT2D eigenvalue weighted by molar-refractivity contribution is -0.138. The van der Waals surface area contributed by atoms with Gasteiger partial charge in [0.25, 0.3) is 0 Å². The van der Waals surface area contributed by atoms with Gasteiger partial charge in [-0.15, -0.1) is 0 Å². The first-order valence-electron chi connectivity index (χ1n) is 12.7. The molecule has 1 aliphatic rings. The van der Waals surface area contributed by atoms with Crippen LogP contribution in [0.2, 0.25) is 0 Å². The van der Waals surface area contributed by atoms with Crippen LogP contribution in [0.25, 0.3) is 0 Å². The van der Waals surface area contributed by atoms with Crippen molar-refractivity contribution >= 4 is 23.8 Å². The molecule has 200 valence electrons. The van der Waals surface area contributed by atoms with Crippen molar-refractivity contribution in [3.63, 3.8) is 0 Å². The van der Waals surface area contributed by atoms with Gasteiger partial charge >= 0.3 is 6.09 Å². The quantitative estimate of drug-likeness (QED) is 0.505. The molecule has 0 aliphatic carbocycles. The van der Waals surface area contributed by atoms with E-state index in [9.17, 15) is 19.2 Å². The lowest BCUT2D eigenvalue weighted by Gasteiger charge is -2.35. The van der Waals surface area contributed by atoms with Crippen LogP contribution >= 0.6 is 0 Å². The number of nitrogens with zero attached hydrogens (tertiary/aromatic N) is 1. The van der Waals surface area contributed by atoms with Gasteiger partial charge in [0.2, 0.25) is 17.7 Å². The minimum absolute atomic E-state index is 0.122. The number of benzene rings is 1. The molecule has 3 N–H and O–H groups in total. The normalized spacial score (nSPS) is 17.1. The summed E-state index contributed by atoms with van der Waals surface area (Å²) >= 11 is 0. The van der Waals surface area contributed by atoms with Crippen molar-refractivity contribution in [2.45, 2.75) is 85.0 Å². The van der Waals surface area contributed by atoms with E-state index in [-0.39, 0.29) is 35.6 Å². The Morgan fingerprint density at radius 1 is 0.917 bits per heavy atom. The maximum atomic E-state index is 13.1. The summed E-state index contributed by atoms with van der Waals surface area (Å²) in [5, 5.41) is 8.43. The molecule has 1 fully saturated rings. The van der Waals surface area contributed by atoms with Gasteiger partial charge in [0.1, 0.15) is 17.7 Å². The Morgan fingerprint density at radius 3 is 2.03 bits per heavy atom. The zero-order valence-electron chi connectivity index (χ0n) is 22.6. The highest BCUT2D eigenvalue weighted by Gasteiger charge is 2.34. The van der Waals surface area contributed by atoms with Crippen LogP contribution in [0.15, 0.2) is 30.3 Å². The molecular weight excluding hydrogens is 460 g/mol. The highest BCUT2D eigenvalue weighted by atomic mass is 16.6. The zero-order chi connectivity index (χ0) is 27.0. The summed E-state index contributed by atoms with van der Waals surface area (Å²) in [4.78, 5) is 52.4. The number of piperidine rings is 1. The summed E-state index contributed by atoms with van der Waals surface area (Å²) in [6, 6.07) is 8.07. The van der Waals surface area contributed by atoms with Gasteiger partial charge in [-0.1, -0.05) is 44.2 Å². The summed E-state index contributed by atoms with van der Waals surface area (Å²) in [6.45, 7) is 13.4.